The summed E-state index contributed by atoms with van der Waals surface area (Å²) in [7, 11) is 2.09. The molecule has 15 heavy (non-hydrogen) atoms. The van der Waals surface area contributed by atoms with Crippen LogP contribution >= 0.6 is 0 Å². The average Bonchev–Trinajstić information content (AvgIpc) is 2.78. The van der Waals surface area contributed by atoms with Gasteiger partial charge < -0.3 is 5.32 Å². The molecule has 2 saturated carbocycles. The average molecular weight is 209 g/mol. The molecule has 1 heteroatoms. The highest BCUT2D eigenvalue weighted by Gasteiger charge is 2.54. The standard InChI is InChI=1S/C14H27N/c1-13(2,3)11-5-7-14(8-6-11)9-12(14)10-15-4/h11-12,15H,5-10H2,1-4H3. The first kappa shape index (κ1) is 11.4. The Morgan fingerprint density at radius 2 is 1.80 bits per heavy atom. The quantitative estimate of drug-likeness (QED) is 0.734. The van der Waals surface area contributed by atoms with Crippen LogP contribution in [0, 0.1) is 22.7 Å². The molecule has 0 radical (unpaired) electrons. The third kappa shape index (κ3) is 2.22. The zero-order valence-electron chi connectivity index (χ0n) is 10.9. The molecule has 2 fully saturated rings. The second kappa shape index (κ2) is 3.76. The molecular weight excluding hydrogens is 182 g/mol. The summed E-state index contributed by atoms with van der Waals surface area (Å²) >= 11 is 0. The van der Waals surface area contributed by atoms with Gasteiger partial charge in [0.15, 0.2) is 0 Å². The summed E-state index contributed by atoms with van der Waals surface area (Å²) < 4.78 is 0. The molecule has 0 amide bonds. The molecular formula is C14H27N. The summed E-state index contributed by atoms with van der Waals surface area (Å²) in [5, 5.41) is 3.34. The lowest BCUT2D eigenvalue weighted by Gasteiger charge is -2.37. The minimum absolute atomic E-state index is 0.537. The Morgan fingerprint density at radius 3 is 2.27 bits per heavy atom. The van der Waals surface area contributed by atoms with Gasteiger partial charge in [0.05, 0.1) is 0 Å². The van der Waals surface area contributed by atoms with Crippen molar-refractivity contribution in [1.82, 2.24) is 5.32 Å². The van der Waals surface area contributed by atoms with Gasteiger partial charge in [-0.2, -0.15) is 0 Å². The predicted octanol–water partition coefficient (Wildman–Crippen LogP) is 3.45. The molecule has 88 valence electrons. The molecule has 0 aliphatic heterocycles. The molecule has 1 unspecified atom stereocenters. The molecule has 1 atom stereocenters. The van der Waals surface area contributed by atoms with Crippen molar-refractivity contribution < 1.29 is 0 Å². The van der Waals surface area contributed by atoms with Gasteiger partial charge in [0.2, 0.25) is 0 Å². The summed E-state index contributed by atoms with van der Waals surface area (Å²) in [5.74, 6) is 1.97. The van der Waals surface area contributed by atoms with E-state index in [0.29, 0.717) is 5.41 Å². The van der Waals surface area contributed by atoms with Crippen LogP contribution in [0.2, 0.25) is 0 Å². The first-order chi connectivity index (χ1) is 6.98. The van der Waals surface area contributed by atoms with E-state index in [1.807, 2.05) is 0 Å². The SMILES string of the molecule is CNCC1CC12CCC(C(C)(C)C)CC2. The Balaban J connectivity index is 1.84. The van der Waals surface area contributed by atoms with Gasteiger partial charge >= 0.3 is 0 Å². The second-order valence-electron chi connectivity index (χ2n) is 6.96. The first-order valence-electron chi connectivity index (χ1n) is 6.62. The molecule has 0 aromatic carbocycles. The van der Waals surface area contributed by atoms with Crippen molar-refractivity contribution in [2.24, 2.45) is 22.7 Å². The van der Waals surface area contributed by atoms with E-state index in [-0.39, 0.29) is 0 Å². The van der Waals surface area contributed by atoms with E-state index in [4.69, 9.17) is 0 Å². The van der Waals surface area contributed by atoms with Crippen LogP contribution in [0.15, 0.2) is 0 Å². The van der Waals surface area contributed by atoms with Crippen LogP contribution in [0.25, 0.3) is 0 Å². The van der Waals surface area contributed by atoms with E-state index >= 15 is 0 Å². The van der Waals surface area contributed by atoms with E-state index in [0.717, 1.165) is 17.3 Å². The lowest BCUT2D eigenvalue weighted by atomic mass is 9.68. The molecule has 0 saturated heterocycles. The first-order valence-corrected chi connectivity index (χ1v) is 6.62. The molecule has 0 heterocycles. The molecule has 1 spiro atoms. The summed E-state index contributed by atoms with van der Waals surface area (Å²) in [6, 6.07) is 0. The summed E-state index contributed by atoms with van der Waals surface area (Å²) in [6.45, 7) is 8.48. The lowest BCUT2D eigenvalue weighted by molar-refractivity contribution is 0.134. The van der Waals surface area contributed by atoms with Gasteiger partial charge in [0.1, 0.15) is 0 Å². The van der Waals surface area contributed by atoms with Crippen LogP contribution in [-0.2, 0) is 0 Å². The van der Waals surface area contributed by atoms with Crippen molar-refractivity contribution in [3.05, 3.63) is 0 Å². The van der Waals surface area contributed by atoms with Crippen LogP contribution < -0.4 is 5.32 Å². The van der Waals surface area contributed by atoms with Crippen LogP contribution in [0.4, 0.5) is 0 Å². The largest absolute Gasteiger partial charge is 0.319 e. The van der Waals surface area contributed by atoms with E-state index in [9.17, 15) is 0 Å². The zero-order valence-corrected chi connectivity index (χ0v) is 10.9. The molecule has 2 aliphatic carbocycles. The number of hydrogen-bond acceptors (Lipinski definition) is 1. The Bertz CT molecular complexity index is 218. The van der Waals surface area contributed by atoms with Crippen molar-refractivity contribution in [2.75, 3.05) is 13.6 Å². The Hall–Kier alpha value is -0.0400. The highest BCUT2D eigenvalue weighted by Crippen LogP contribution is 2.63. The van der Waals surface area contributed by atoms with Gasteiger partial charge in [-0.15, -0.1) is 0 Å². The third-order valence-corrected chi connectivity index (χ3v) is 5.02. The maximum Gasteiger partial charge on any atom is -0.00180 e. The van der Waals surface area contributed by atoms with E-state index < -0.39 is 0 Å². The number of rotatable bonds is 2. The maximum atomic E-state index is 3.34. The molecule has 0 aromatic rings. The van der Waals surface area contributed by atoms with E-state index in [1.54, 1.807) is 0 Å². The van der Waals surface area contributed by atoms with Crippen LogP contribution in [-0.4, -0.2) is 13.6 Å². The van der Waals surface area contributed by atoms with Crippen molar-refractivity contribution in [3.8, 4) is 0 Å². The second-order valence-corrected chi connectivity index (χ2v) is 6.96. The van der Waals surface area contributed by atoms with E-state index in [1.165, 1.54) is 38.6 Å². The molecule has 1 N–H and O–H groups in total. The highest BCUT2D eigenvalue weighted by atomic mass is 14.8. The normalized spacial score (nSPS) is 40.8. The fourth-order valence-electron chi connectivity index (χ4n) is 3.64. The Morgan fingerprint density at radius 1 is 1.20 bits per heavy atom. The molecule has 1 nitrogen and oxygen atoms in total. The smallest absolute Gasteiger partial charge is 0.00180 e. The van der Waals surface area contributed by atoms with Gasteiger partial charge in [-0.1, -0.05) is 20.8 Å². The third-order valence-electron chi connectivity index (χ3n) is 5.02. The van der Waals surface area contributed by atoms with Gasteiger partial charge in [-0.25, -0.2) is 0 Å². The van der Waals surface area contributed by atoms with E-state index in [2.05, 4.69) is 33.1 Å². The summed E-state index contributed by atoms with van der Waals surface area (Å²) in [5.41, 5.74) is 1.32. The number of hydrogen-bond donors (Lipinski definition) is 1. The van der Waals surface area contributed by atoms with Crippen LogP contribution in [0.3, 0.4) is 0 Å². The maximum absolute atomic E-state index is 3.34. The van der Waals surface area contributed by atoms with Crippen molar-refractivity contribution in [1.29, 1.82) is 0 Å². The fraction of sp³-hybridized carbons (Fsp3) is 1.00. The number of nitrogens with one attached hydrogen (secondary N) is 1. The van der Waals surface area contributed by atoms with Crippen molar-refractivity contribution in [3.63, 3.8) is 0 Å². The van der Waals surface area contributed by atoms with Crippen molar-refractivity contribution in [2.45, 2.75) is 52.9 Å². The highest BCUT2D eigenvalue weighted by molar-refractivity contribution is 5.05. The lowest BCUT2D eigenvalue weighted by Crippen LogP contribution is -2.28. The summed E-state index contributed by atoms with van der Waals surface area (Å²) in [4.78, 5) is 0. The topological polar surface area (TPSA) is 12.0 Å². The van der Waals surface area contributed by atoms with Gasteiger partial charge in [-0.3, -0.25) is 0 Å². The monoisotopic (exact) mass is 209 g/mol. The van der Waals surface area contributed by atoms with Gasteiger partial charge in [0.25, 0.3) is 0 Å². The van der Waals surface area contributed by atoms with Crippen molar-refractivity contribution >= 4 is 0 Å². The molecule has 2 aliphatic rings. The molecule has 2 rings (SSSR count). The zero-order chi connectivity index (χ0) is 11.1. The minimum atomic E-state index is 0.537. The van der Waals surface area contributed by atoms with Crippen LogP contribution in [0.1, 0.15) is 52.9 Å². The fourth-order valence-corrected chi connectivity index (χ4v) is 3.64. The Kier molecular flexibility index (Phi) is 2.87. The van der Waals surface area contributed by atoms with Gasteiger partial charge in [-0.05, 0) is 68.4 Å². The predicted molar refractivity (Wildman–Crippen MR) is 65.9 cm³/mol. The molecule has 0 bridgehead atoms. The Labute approximate surface area is 95.0 Å². The summed E-state index contributed by atoms with van der Waals surface area (Å²) in [6.07, 6.45) is 7.46. The minimum Gasteiger partial charge on any atom is -0.319 e. The van der Waals surface area contributed by atoms with Gasteiger partial charge in [0, 0.05) is 0 Å². The molecule has 0 aromatic heterocycles. The van der Waals surface area contributed by atoms with Crippen LogP contribution in [0.5, 0.6) is 0 Å².